The normalized spacial score (nSPS) is 19.0. The minimum atomic E-state index is -0.200. The number of hydrogen-bond donors (Lipinski definition) is 2. The second-order valence-electron chi connectivity index (χ2n) is 6.24. The zero-order valence-corrected chi connectivity index (χ0v) is 13.0. The van der Waals surface area contributed by atoms with Crippen molar-refractivity contribution in [1.29, 1.82) is 0 Å². The lowest BCUT2D eigenvalue weighted by Gasteiger charge is -2.32. The molecule has 0 aliphatic carbocycles. The van der Waals surface area contributed by atoms with Crippen LogP contribution >= 0.6 is 0 Å². The first-order chi connectivity index (χ1) is 10.1. The van der Waals surface area contributed by atoms with Gasteiger partial charge in [0.25, 0.3) is 0 Å². The van der Waals surface area contributed by atoms with Crippen molar-refractivity contribution in [1.82, 2.24) is 10.3 Å². The van der Waals surface area contributed by atoms with Crippen LogP contribution < -0.4 is 16.0 Å². The molecule has 1 amide bonds. The third kappa shape index (κ3) is 4.70. The van der Waals surface area contributed by atoms with Gasteiger partial charge in [-0.25, -0.2) is 4.98 Å². The summed E-state index contributed by atoms with van der Waals surface area (Å²) in [6, 6.07) is 4.14. The number of hydrogen-bond acceptors (Lipinski definition) is 4. The van der Waals surface area contributed by atoms with Gasteiger partial charge in [0.2, 0.25) is 5.91 Å². The predicted octanol–water partition coefficient (Wildman–Crippen LogP) is 1.53. The van der Waals surface area contributed by atoms with Crippen molar-refractivity contribution in [3.63, 3.8) is 0 Å². The molecule has 2 heterocycles. The fraction of sp³-hybridized carbons (Fsp3) is 0.625. The molecule has 1 aromatic rings. The number of amides is 1. The molecule has 1 aliphatic heterocycles. The Morgan fingerprint density at radius 3 is 2.95 bits per heavy atom. The van der Waals surface area contributed by atoms with Crippen LogP contribution in [0.25, 0.3) is 0 Å². The average molecular weight is 290 g/mol. The fourth-order valence-electron chi connectivity index (χ4n) is 2.63. The number of anilines is 1. The van der Waals surface area contributed by atoms with Crippen LogP contribution in [0.1, 0.15) is 32.3 Å². The van der Waals surface area contributed by atoms with E-state index in [-0.39, 0.29) is 11.8 Å². The van der Waals surface area contributed by atoms with Gasteiger partial charge in [0, 0.05) is 25.8 Å². The van der Waals surface area contributed by atoms with Gasteiger partial charge in [0.1, 0.15) is 5.82 Å². The van der Waals surface area contributed by atoms with Gasteiger partial charge in [-0.15, -0.1) is 0 Å². The molecule has 1 atom stereocenters. The topological polar surface area (TPSA) is 71.2 Å². The van der Waals surface area contributed by atoms with Crippen molar-refractivity contribution >= 4 is 11.7 Å². The van der Waals surface area contributed by atoms with E-state index < -0.39 is 0 Å². The Morgan fingerprint density at radius 2 is 2.33 bits per heavy atom. The first kappa shape index (κ1) is 15.8. The molecule has 1 fully saturated rings. The van der Waals surface area contributed by atoms with E-state index in [9.17, 15) is 4.79 Å². The Hall–Kier alpha value is -1.62. The highest BCUT2D eigenvalue weighted by Crippen LogP contribution is 2.21. The van der Waals surface area contributed by atoms with Crippen LogP contribution in [0, 0.1) is 11.8 Å². The van der Waals surface area contributed by atoms with E-state index in [2.05, 4.69) is 35.1 Å². The second-order valence-corrected chi connectivity index (χ2v) is 6.24. The fourth-order valence-corrected chi connectivity index (χ4v) is 2.63. The van der Waals surface area contributed by atoms with Crippen LogP contribution in [0.15, 0.2) is 18.3 Å². The third-order valence-corrected chi connectivity index (χ3v) is 3.84. The molecule has 5 heteroatoms. The number of carbonyl (C=O) groups excluding carboxylic acids is 1. The highest BCUT2D eigenvalue weighted by Gasteiger charge is 2.24. The Kier molecular flexibility index (Phi) is 5.56. The molecule has 2 rings (SSSR count). The van der Waals surface area contributed by atoms with Gasteiger partial charge in [0.05, 0.1) is 5.92 Å². The maximum absolute atomic E-state index is 11.3. The summed E-state index contributed by atoms with van der Waals surface area (Å²) in [6.07, 6.45) is 3.80. The van der Waals surface area contributed by atoms with Crippen molar-refractivity contribution < 1.29 is 4.79 Å². The second kappa shape index (κ2) is 7.41. The zero-order valence-electron chi connectivity index (χ0n) is 13.0. The number of aromatic nitrogens is 1. The van der Waals surface area contributed by atoms with E-state index in [1.165, 1.54) is 5.56 Å². The van der Waals surface area contributed by atoms with Crippen LogP contribution in [0.2, 0.25) is 0 Å². The molecular weight excluding hydrogens is 264 g/mol. The summed E-state index contributed by atoms with van der Waals surface area (Å²) < 4.78 is 0. The van der Waals surface area contributed by atoms with Gasteiger partial charge in [-0.3, -0.25) is 4.79 Å². The number of piperidine rings is 1. The largest absolute Gasteiger partial charge is 0.369 e. The van der Waals surface area contributed by atoms with Gasteiger partial charge in [-0.2, -0.15) is 0 Å². The summed E-state index contributed by atoms with van der Waals surface area (Å²) in [7, 11) is 0. The Bertz CT molecular complexity index is 458. The number of nitrogens with two attached hydrogens (primary N) is 1. The minimum absolute atomic E-state index is 0.0482. The summed E-state index contributed by atoms with van der Waals surface area (Å²) in [5.74, 6) is 1.34. The van der Waals surface area contributed by atoms with Crippen molar-refractivity contribution in [3.8, 4) is 0 Å². The first-order valence-electron chi connectivity index (χ1n) is 7.76. The molecule has 0 bridgehead atoms. The number of carbonyl (C=O) groups is 1. The molecule has 0 radical (unpaired) electrons. The first-order valence-corrected chi connectivity index (χ1v) is 7.76. The van der Waals surface area contributed by atoms with Crippen molar-refractivity contribution in [2.45, 2.75) is 33.2 Å². The van der Waals surface area contributed by atoms with Gasteiger partial charge in [0.15, 0.2) is 0 Å². The molecule has 1 unspecified atom stereocenters. The molecule has 0 saturated carbocycles. The number of nitrogens with one attached hydrogen (secondary N) is 1. The van der Waals surface area contributed by atoms with E-state index in [4.69, 9.17) is 5.73 Å². The molecule has 0 aromatic carbocycles. The molecule has 116 valence electrons. The van der Waals surface area contributed by atoms with Crippen molar-refractivity contribution in [3.05, 3.63) is 23.9 Å². The van der Waals surface area contributed by atoms with E-state index in [1.807, 2.05) is 12.3 Å². The van der Waals surface area contributed by atoms with Crippen LogP contribution in [0.3, 0.4) is 0 Å². The average Bonchev–Trinajstić information content (AvgIpc) is 2.48. The van der Waals surface area contributed by atoms with Crippen LogP contribution in [0.4, 0.5) is 5.82 Å². The van der Waals surface area contributed by atoms with Crippen molar-refractivity contribution in [2.75, 3.05) is 24.5 Å². The quantitative estimate of drug-likeness (QED) is 0.833. The lowest BCUT2D eigenvalue weighted by atomic mass is 9.97. The molecule has 3 N–H and O–H groups in total. The number of pyridine rings is 1. The lowest BCUT2D eigenvalue weighted by Crippen LogP contribution is -2.41. The Balaban J connectivity index is 1.90. The predicted molar refractivity (Wildman–Crippen MR) is 84.9 cm³/mol. The molecule has 1 aliphatic rings. The molecule has 21 heavy (non-hydrogen) atoms. The number of nitrogens with zero attached hydrogens (tertiary/aromatic N) is 2. The minimum Gasteiger partial charge on any atom is -0.369 e. The van der Waals surface area contributed by atoms with E-state index in [0.29, 0.717) is 12.5 Å². The lowest BCUT2D eigenvalue weighted by molar-refractivity contribution is -0.122. The number of primary amides is 1. The van der Waals surface area contributed by atoms with Crippen LogP contribution in [0.5, 0.6) is 0 Å². The highest BCUT2D eigenvalue weighted by atomic mass is 16.1. The Labute approximate surface area is 126 Å². The van der Waals surface area contributed by atoms with Crippen LogP contribution in [-0.2, 0) is 11.3 Å². The van der Waals surface area contributed by atoms with E-state index in [0.717, 1.165) is 38.3 Å². The monoisotopic (exact) mass is 290 g/mol. The van der Waals surface area contributed by atoms with Crippen molar-refractivity contribution in [2.24, 2.45) is 17.6 Å². The smallest absolute Gasteiger partial charge is 0.222 e. The third-order valence-electron chi connectivity index (χ3n) is 3.84. The maximum Gasteiger partial charge on any atom is 0.222 e. The summed E-state index contributed by atoms with van der Waals surface area (Å²) in [5.41, 5.74) is 6.60. The van der Waals surface area contributed by atoms with Gasteiger partial charge in [-0.1, -0.05) is 19.9 Å². The maximum atomic E-state index is 11.3. The SMILES string of the molecule is CC(C)CNCc1ccc(N2CCCC(C(N)=O)C2)nc1. The van der Waals surface area contributed by atoms with Crippen LogP contribution in [-0.4, -0.2) is 30.5 Å². The van der Waals surface area contributed by atoms with E-state index in [1.54, 1.807) is 0 Å². The summed E-state index contributed by atoms with van der Waals surface area (Å²) in [5, 5.41) is 3.41. The van der Waals surface area contributed by atoms with Gasteiger partial charge < -0.3 is 16.0 Å². The zero-order chi connectivity index (χ0) is 15.2. The molecule has 1 saturated heterocycles. The van der Waals surface area contributed by atoms with Gasteiger partial charge in [-0.05, 0) is 36.9 Å². The standard InChI is InChI=1S/C16H26N4O/c1-12(2)8-18-9-13-5-6-15(19-10-13)20-7-3-4-14(11-20)16(17)21/h5-6,10,12,14,18H,3-4,7-9,11H2,1-2H3,(H2,17,21). The van der Waals surface area contributed by atoms with Gasteiger partial charge >= 0.3 is 0 Å². The molecule has 0 spiro atoms. The summed E-state index contributed by atoms with van der Waals surface area (Å²) >= 11 is 0. The highest BCUT2D eigenvalue weighted by molar-refractivity contribution is 5.77. The molecule has 1 aromatic heterocycles. The molecule has 5 nitrogen and oxygen atoms in total. The summed E-state index contributed by atoms with van der Waals surface area (Å²) in [6.45, 7) is 7.87. The molecular formula is C16H26N4O. The summed E-state index contributed by atoms with van der Waals surface area (Å²) in [4.78, 5) is 18.0. The van der Waals surface area contributed by atoms with E-state index >= 15 is 0 Å². The Morgan fingerprint density at radius 1 is 1.52 bits per heavy atom. The number of rotatable bonds is 6.